The second kappa shape index (κ2) is 10.0. The summed E-state index contributed by atoms with van der Waals surface area (Å²) in [6.07, 6.45) is -0.216. The summed E-state index contributed by atoms with van der Waals surface area (Å²) in [7, 11) is -4.40. The summed E-state index contributed by atoms with van der Waals surface area (Å²) in [6, 6.07) is 10.4. The number of ether oxygens (including phenoxy) is 1. The lowest BCUT2D eigenvalue weighted by molar-refractivity contribution is 0.437. The van der Waals surface area contributed by atoms with Gasteiger partial charge in [-0.15, -0.1) is 10.2 Å². The van der Waals surface area contributed by atoms with Crippen LogP contribution in [0.4, 0.5) is 8.78 Å². The largest absolute Gasteiger partial charge is 0.453 e. The monoisotopic (exact) mass is 570 g/mol. The Morgan fingerprint density at radius 2 is 1.81 bits per heavy atom. The second-order valence-corrected chi connectivity index (χ2v) is 10.0. The molecule has 0 aliphatic carbocycles. The summed E-state index contributed by atoms with van der Waals surface area (Å²) in [4.78, 5) is -0.812. The van der Waals surface area contributed by atoms with Crippen LogP contribution < -0.4 is 9.88 Å². The van der Waals surface area contributed by atoms with Gasteiger partial charge < -0.3 is 9.15 Å². The molecule has 0 amide bonds. The predicted octanol–water partition coefficient (Wildman–Crippen LogP) is 5.88. The molecular weight excluding hydrogens is 561 g/mol. The van der Waals surface area contributed by atoms with Crippen LogP contribution in [0.2, 0.25) is 15.1 Å². The number of nitriles is 1. The third-order valence-electron chi connectivity index (χ3n) is 4.72. The fourth-order valence-corrected chi connectivity index (χ4v) is 4.37. The van der Waals surface area contributed by atoms with Crippen LogP contribution >= 0.6 is 34.8 Å². The number of sulfonamides is 1. The molecule has 184 valence electrons. The Labute approximate surface area is 217 Å². The smallest absolute Gasteiger partial charge is 0.249 e. The van der Waals surface area contributed by atoms with Gasteiger partial charge in [0, 0.05) is 10.6 Å². The molecule has 4 rings (SSSR count). The van der Waals surface area contributed by atoms with Gasteiger partial charge in [0.1, 0.15) is 16.5 Å². The maximum atomic E-state index is 15.3. The van der Waals surface area contributed by atoms with E-state index in [0.29, 0.717) is 0 Å². The van der Waals surface area contributed by atoms with Crippen molar-refractivity contribution in [3.8, 4) is 29.0 Å². The van der Waals surface area contributed by atoms with Gasteiger partial charge in [0.05, 0.1) is 33.7 Å². The standard InChI is InChI=1S/C22H11Cl3F2N4O4S/c23-12-3-10(9-28)4-13(6-12)34-21-15(24)2-1-11(20(21)27)5-19-30-31-22(35-19)14-7-18(36(29,32)33)17(26)8-16(14)25/h1-4,6-8H,5H2,(H2,29,32,33). The predicted molar refractivity (Wildman–Crippen MR) is 127 cm³/mol. The number of aromatic nitrogens is 2. The molecule has 14 heteroatoms. The second-order valence-electron chi connectivity index (χ2n) is 7.22. The minimum absolute atomic E-state index is 0.0467. The van der Waals surface area contributed by atoms with E-state index >= 15 is 4.39 Å². The van der Waals surface area contributed by atoms with Crippen LogP contribution in [0.1, 0.15) is 17.0 Å². The molecule has 0 aliphatic heterocycles. The summed E-state index contributed by atoms with van der Waals surface area (Å²) in [6.45, 7) is 0. The van der Waals surface area contributed by atoms with Crippen molar-refractivity contribution >= 4 is 44.8 Å². The van der Waals surface area contributed by atoms with E-state index in [4.69, 9.17) is 54.4 Å². The fraction of sp³-hybridized carbons (Fsp3) is 0.0455. The van der Waals surface area contributed by atoms with Crippen molar-refractivity contribution in [1.82, 2.24) is 10.2 Å². The first-order valence-corrected chi connectivity index (χ1v) is 12.3. The fourth-order valence-electron chi connectivity index (χ4n) is 3.12. The highest BCUT2D eigenvalue weighted by Crippen LogP contribution is 2.36. The molecule has 0 radical (unpaired) electrons. The molecule has 3 aromatic carbocycles. The van der Waals surface area contributed by atoms with Gasteiger partial charge in [0.15, 0.2) is 11.6 Å². The van der Waals surface area contributed by atoms with Gasteiger partial charge in [0.2, 0.25) is 21.8 Å². The van der Waals surface area contributed by atoms with Crippen LogP contribution in [0.25, 0.3) is 11.5 Å². The van der Waals surface area contributed by atoms with Gasteiger partial charge >= 0.3 is 0 Å². The van der Waals surface area contributed by atoms with Gasteiger partial charge in [-0.3, -0.25) is 0 Å². The SMILES string of the molecule is N#Cc1cc(Cl)cc(Oc2c(Cl)ccc(Cc3nnc(-c4cc(S(N)(=O)=O)c(F)cc4Cl)o3)c2F)c1. The molecule has 8 nitrogen and oxygen atoms in total. The van der Waals surface area contributed by atoms with E-state index in [1.165, 1.54) is 30.3 Å². The first kappa shape index (κ1) is 25.8. The van der Waals surface area contributed by atoms with E-state index in [1.54, 1.807) is 0 Å². The molecular formula is C22H11Cl3F2N4O4S. The summed E-state index contributed by atoms with van der Waals surface area (Å²) in [5.41, 5.74) is 0.173. The Kier molecular flexibility index (Phi) is 7.17. The third kappa shape index (κ3) is 5.43. The Morgan fingerprint density at radius 1 is 1.06 bits per heavy atom. The molecule has 0 spiro atoms. The summed E-state index contributed by atoms with van der Waals surface area (Å²) >= 11 is 18.1. The lowest BCUT2D eigenvalue weighted by Crippen LogP contribution is -2.14. The maximum Gasteiger partial charge on any atom is 0.249 e. The lowest BCUT2D eigenvalue weighted by Gasteiger charge is -2.12. The molecule has 1 aromatic heterocycles. The summed E-state index contributed by atoms with van der Waals surface area (Å²) < 4.78 is 63.5. The third-order valence-corrected chi connectivity index (χ3v) is 6.47. The van der Waals surface area contributed by atoms with E-state index in [-0.39, 0.29) is 61.5 Å². The van der Waals surface area contributed by atoms with Gasteiger partial charge in [-0.2, -0.15) is 5.26 Å². The summed E-state index contributed by atoms with van der Waals surface area (Å²) in [5, 5.41) is 21.7. The zero-order chi connectivity index (χ0) is 26.2. The van der Waals surface area contributed by atoms with Crippen molar-refractivity contribution in [1.29, 1.82) is 5.26 Å². The van der Waals surface area contributed by atoms with Crippen LogP contribution in [0.5, 0.6) is 11.5 Å². The Bertz CT molecular complexity index is 1660. The van der Waals surface area contributed by atoms with Crippen molar-refractivity contribution in [3.63, 3.8) is 0 Å². The van der Waals surface area contributed by atoms with E-state index in [9.17, 15) is 12.8 Å². The minimum Gasteiger partial charge on any atom is -0.453 e. The van der Waals surface area contributed by atoms with Crippen LogP contribution in [-0.4, -0.2) is 18.6 Å². The highest BCUT2D eigenvalue weighted by Gasteiger charge is 2.22. The maximum absolute atomic E-state index is 15.3. The number of hydrogen-bond donors (Lipinski definition) is 1. The molecule has 0 aliphatic rings. The normalized spacial score (nSPS) is 11.4. The number of benzene rings is 3. The molecule has 0 bridgehead atoms. The Hall–Kier alpha value is -3.27. The highest BCUT2D eigenvalue weighted by atomic mass is 35.5. The molecule has 0 unspecified atom stereocenters. The molecule has 4 aromatic rings. The number of halogens is 5. The minimum atomic E-state index is -4.40. The average Bonchev–Trinajstić information content (AvgIpc) is 3.25. The number of nitrogens with two attached hydrogens (primary N) is 1. The van der Waals surface area contributed by atoms with Crippen LogP contribution in [0.3, 0.4) is 0 Å². The zero-order valence-corrected chi connectivity index (χ0v) is 20.7. The van der Waals surface area contributed by atoms with Crippen molar-refractivity contribution in [3.05, 3.63) is 86.2 Å². The van der Waals surface area contributed by atoms with Crippen molar-refractivity contribution in [2.75, 3.05) is 0 Å². The Morgan fingerprint density at radius 3 is 2.50 bits per heavy atom. The Balaban J connectivity index is 1.65. The van der Waals surface area contributed by atoms with Crippen LogP contribution in [0, 0.1) is 23.0 Å². The number of rotatable bonds is 6. The first-order chi connectivity index (χ1) is 17.0. The van der Waals surface area contributed by atoms with Crippen LogP contribution in [-0.2, 0) is 16.4 Å². The van der Waals surface area contributed by atoms with Crippen molar-refractivity contribution in [2.45, 2.75) is 11.3 Å². The topological polar surface area (TPSA) is 132 Å². The molecule has 2 N–H and O–H groups in total. The quantitative estimate of drug-likeness (QED) is 0.306. The average molecular weight is 572 g/mol. The molecule has 1 heterocycles. The molecule has 0 saturated carbocycles. The van der Waals surface area contributed by atoms with Crippen molar-refractivity contribution in [2.24, 2.45) is 5.14 Å². The van der Waals surface area contributed by atoms with Crippen molar-refractivity contribution < 1.29 is 26.4 Å². The van der Waals surface area contributed by atoms with E-state index in [0.717, 1.165) is 12.1 Å². The first-order valence-electron chi connectivity index (χ1n) is 9.66. The lowest BCUT2D eigenvalue weighted by atomic mass is 10.1. The number of hydrogen-bond acceptors (Lipinski definition) is 7. The molecule has 0 atom stereocenters. The van der Waals surface area contributed by atoms with Crippen LogP contribution in [0.15, 0.2) is 51.8 Å². The molecule has 36 heavy (non-hydrogen) atoms. The number of nitrogens with zero attached hydrogens (tertiary/aromatic N) is 3. The molecule has 0 saturated heterocycles. The van der Waals surface area contributed by atoms with Gasteiger partial charge in [0.25, 0.3) is 0 Å². The van der Waals surface area contributed by atoms with Gasteiger partial charge in [-0.05, 0) is 36.4 Å². The molecule has 0 fully saturated rings. The van der Waals surface area contributed by atoms with E-state index < -0.39 is 26.6 Å². The van der Waals surface area contributed by atoms with E-state index in [2.05, 4.69) is 10.2 Å². The zero-order valence-electron chi connectivity index (χ0n) is 17.6. The summed E-state index contributed by atoms with van der Waals surface area (Å²) in [5.74, 6) is -2.54. The van der Waals surface area contributed by atoms with Gasteiger partial charge in [-0.1, -0.05) is 40.9 Å². The number of primary sulfonamides is 1. The van der Waals surface area contributed by atoms with Gasteiger partial charge in [-0.25, -0.2) is 22.3 Å². The highest BCUT2D eigenvalue weighted by molar-refractivity contribution is 7.89. The van der Waals surface area contributed by atoms with E-state index in [1.807, 2.05) is 6.07 Å².